The first-order valence-electron chi connectivity index (χ1n) is 8.75. The normalized spacial score (nSPS) is 27.2. The number of amides is 1. The van der Waals surface area contributed by atoms with Crippen LogP contribution in [0.5, 0.6) is 0 Å². The first kappa shape index (κ1) is 15.4. The Bertz CT molecular complexity index is 685. The molecule has 1 aromatic heterocycles. The number of fused-ring (bicyclic) bond motifs is 1. The maximum atomic E-state index is 12.1. The molecule has 2 aromatic rings. The second-order valence-electron chi connectivity index (χ2n) is 6.98. The van der Waals surface area contributed by atoms with Gasteiger partial charge in [-0.1, -0.05) is 30.3 Å². The van der Waals surface area contributed by atoms with E-state index < -0.39 is 0 Å². The second kappa shape index (κ2) is 6.40. The Morgan fingerprint density at radius 1 is 1.29 bits per heavy atom. The lowest BCUT2D eigenvalue weighted by Crippen LogP contribution is -2.47. The second-order valence-corrected chi connectivity index (χ2v) is 6.98. The van der Waals surface area contributed by atoms with Crippen LogP contribution in [-0.4, -0.2) is 51.4 Å². The van der Waals surface area contributed by atoms with Crippen molar-refractivity contribution >= 4 is 5.91 Å². The van der Waals surface area contributed by atoms with Crippen molar-refractivity contribution in [3.63, 3.8) is 0 Å². The van der Waals surface area contributed by atoms with Crippen LogP contribution < -0.4 is 0 Å². The summed E-state index contributed by atoms with van der Waals surface area (Å²) >= 11 is 0. The molecule has 0 spiro atoms. The van der Waals surface area contributed by atoms with Gasteiger partial charge in [-0.15, -0.1) is 0 Å². The third-order valence-corrected chi connectivity index (χ3v) is 5.58. The van der Waals surface area contributed by atoms with Crippen molar-refractivity contribution in [1.82, 2.24) is 19.8 Å². The molecular formula is C19H24N4O. The monoisotopic (exact) mass is 324 g/mol. The fourth-order valence-electron chi connectivity index (χ4n) is 4.46. The summed E-state index contributed by atoms with van der Waals surface area (Å²) in [7, 11) is 0. The van der Waals surface area contributed by atoms with Crippen LogP contribution in [0.2, 0.25) is 0 Å². The summed E-state index contributed by atoms with van der Waals surface area (Å²) in [5, 5.41) is 0. The van der Waals surface area contributed by atoms with Crippen LogP contribution in [0.3, 0.4) is 0 Å². The van der Waals surface area contributed by atoms with E-state index in [0.29, 0.717) is 17.9 Å². The minimum Gasteiger partial charge on any atom is -0.348 e. The maximum Gasteiger partial charge on any atom is 0.219 e. The predicted molar refractivity (Wildman–Crippen MR) is 92.3 cm³/mol. The third-order valence-electron chi connectivity index (χ3n) is 5.58. The minimum absolute atomic E-state index is 0.211. The zero-order valence-electron chi connectivity index (χ0n) is 14.1. The molecular weight excluding hydrogens is 300 g/mol. The highest BCUT2D eigenvalue weighted by Crippen LogP contribution is 2.41. The molecule has 1 N–H and O–H groups in total. The maximum absolute atomic E-state index is 12.1. The van der Waals surface area contributed by atoms with Gasteiger partial charge in [-0.3, -0.25) is 9.69 Å². The largest absolute Gasteiger partial charge is 0.348 e. The van der Waals surface area contributed by atoms with Crippen LogP contribution in [0.15, 0.2) is 42.7 Å². The van der Waals surface area contributed by atoms with Crippen LogP contribution in [0, 0.1) is 5.92 Å². The molecule has 2 aliphatic heterocycles. The molecule has 0 radical (unpaired) electrons. The molecule has 126 valence electrons. The zero-order chi connectivity index (χ0) is 16.5. The highest BCUT2D eigenvalue weighted by atomic mass is 16.2. The Morgan fingerprint density at radius 3 is 2.83 bits per heavy atom. The third kappa shape index (κ3) is 2.84. The van der Waals surface area contributed by atoms with Crippen LogP contribution in [0.1, 0.15) is 30.7 Å². The van der Waals surface area contributed by atoms with Crippen molar-refractivity contribution in [3.8, 4) is 0 Å². The van der Waals surface area contributed by atoms with E-state index in [0.717, 1.165) is 38.4 Å². The summed E-state index contributed by atoms with van der Waals surface area (Å²) in [6, 6.07) is 11.0. The number of imidazole rings is 1. The van der Waals surface area contributed by atoms with Crippen molar-refractivity contribution in [2.75, 3.05) is 19.6 Å². The number of nitrogens with zero attached hydrogens (tertiary/aromatic N) is 3. The number of nitrogens with one attached hydrogen (secondary N) is 1. The number of aromatic nitrogens is 2. The molecule has 0 unspecified atom stereocenters. The number of carbonyl (C=O) groups excluding carboxylic acids is 1. The number of likely N-dealkylation sites (tertiary alicyclic amines) is 2. The van der Waals surface area contributed by atoms with Gasteiger partial charge in [0, 0.05) is 56.8 Å². The lowest BCUT2D eigenvalue weighted by molar-refractivity contribution is -0.130. The van der Waals surface area contributed by atoms with Crippen molar-refractivity contribution in [2.24, 2.45) is 5.92 Å². The number of aromatic amines is 1. The highest BCUT2D eigenvalue weighted by Gasteiger charge is 2.46. The number of hydrogen-bond acceptors (Lipinski definition) is 3. The van der Waals surface area contributed by atoms with Crippen LogP contribution in [0.4, 0.5) is 0 Å². The van der Waals surface area contributed by atoms with E-state index in [1.165, 1.54) is 5.56 Å². The fraction of sp³-hybridized carbons (Fsp3) is 0.474. The first-order valence-corrected chi connectivity index (χ1v) is 8.75. The molecule has 0 bridgehead atoms. The average Bonchev–Trinajstić information content (AvgIpc) is 3.23. The van der Waals surface area contributed by atoms with Gasteiger partial charge in [0.2, 0.25) is 5.91 Å². The van der Waals surface area contributed by atoms with Gasteiger partial charge in [-0.25, -0.2) is 4.98 Å². The fourth-order valence-corrected chi connectivity index (χ4v) is 4.46. The lowest BCUT2D eigenvalue weighted by Gasteiger charge is -2.38. The predicted octanol–water partition coefficient (Wildman–Crippen LogP) is 2.25. The van der Waals surface area contributed by atoms with Gasteiger partial charge in [0.25, 0.3) is 0 Å². The summed E-state index contributed by atoms with van der Waals surface area (Å²) < 4.78 is 0. The van der Waals surface area contributed by atoms with Gasteiger partial charge in [0.1, 0.15) is 5.82 Å². The van der Waals surface area contributed by atoms with E-state index in [2.05, 4.69) is 50.1 Å². The van der Waals surface area contributed by atoms with Crippen molar-refractivity contribution in [2.45, 2.75) is 31.8 Å². The molecule has 24 heavy (non-hydrogen) atoms. The number of rotatable bonds is 3. The van der Waals surface area contributed by atoms with Gasteiger partial charge in [-0.2, -0.15) is 0 Å². The molecule has 1 amide bonds. The number of piperidine rings is 1. The highest BCUT2D eigenvalue weighted by molar-refractivity contribution is 5.74. The molecule has 0 aliphatic carbocycles. The van der Waals surface area contributed by atoms with Gasteiger partial charge >= 0.3 is 0 Å². The lowest BCUT2D eigenvalue weighted by atomic mass is 9.82. The Hall–Kier alpha value is -2.14. The zero-order valence-corrected chi connectivity index (χ0v) is 14.1. The van der Waals surface area contributed by atoms with E-state index in [9.17, 15) is 4.79 Å². The molecule has 2 fully saturated rings. The summed E-state index contributed by atoms with van der Waals surface area (Å²) in [4.78, 5) is 24.2. The molecule has 5 nitrogen and oxygen atoms in total. The topological polar surface area (TPSA) is 52.2 Å². The van der Waals surface area contributed by atoms with Crippen LogP contribution in [-0.2, 0) is 11.3 Å². The van der Waals surface area contributed by atoms with E-state index in [1.54, 1.807) is 6.92 Å². The molecule has 4 rings (SSSR count). The van der Waals surface area contributed by atoms with E-state index in [1.807, 2.05) is 12.4 Å². The summed E-state index contributed by atoms with van der Waals surface area (Å²) in [5.41, 5.74) is 1.36. The van der Waals surface area contributed by atoms with Gasteiger partial charge in [0.05, 0.1) is 6.54 Å². The van der Waals surface area contributed by atoms with Crippen LogP contribution in [0.25, 0.3) is 0 Å². The van der Waals surface area contributed by atoms with E-state index in [-0.39, 0.29) is 5.91 Å². The Labute approximate surface area is 142 Å². The van der Waals surface area contributed by atoms with Crippen molar-refractivity contribution < 1.29 is 4.79 Å². The molecule has 3 atom stereocenters. The minimum atomic E-state index is 0.211. The number of carbonyl (C=O) groups is 1. The molecule has 2 aliphatic rings. The summed E-state index contributed by atoms with van der Waals surface area (Å²) in [5.74, 6) is 2.16. The molecule has 1 aromatic carbocycles. The van der Waals surface area contributed by atoms with Crippen molar-refractivity contribution in [3.05, 3.63) is 54.1 Å². The summed E-state index contributed by atoms with van der Waals surface area (Å²) in [6.45, 7) is 5.46. The quantitative estimate of drug-likeness (QED) is 0.942. The number of benzene rings is 1. The van der Waals surface area contributed by atoms with E-state index in [4.69, 9.17) is 0 Å². The SMILES string of the molecule is CC(=O)N1C[C@H](c2ccccc2)[C@H]2CN(Cc3ncc[nH]3)CC[C@H]21. The van der Waals surface area contributed by atoms with Gasteiger partial charge < -0.3 is 9.88 Å². The number of H-pyrrole nitrogens is 1. The standard InChI is InChI=1S/C19H24N4O/c1-14(24)23-12-16(15-5-3-2-4-6-15)17-11-22(10-7-18(17)23)13-19-20-8-9-21-19/h2-6,8-9,16-18H,7,10-13H2,1H3,(H,20,21)/t16-,17-,18-/m1/s1. The summed E-state index contributed by atoms with van der Waals surface area (Å²) in [6.07, 6.45) is 4.73. The Kier molecular flexibility index (Phi) is 4.10. The van der Waals surface area contributed by atoms with Crippen LogP contribution >= 0.6 is 0 Å². The van der Waals surface area contributed by atoms with Gasteiger partial charge in [0.15, 0.2) is 0 Å². The first-order chi connectivity index (χ1) is 11.7. The van der Waals surface area contributed by atoms with Gasteiger partial charge in [-0.05, 0) is 12.0 Å². The Balaban J connectivity index is 1.56. The molecule has 3 heterocycles. The molecule has 2 saturated heterocycles. The number of hydrogen-bond donors (Lipinski definition) is 1. The average molecular weight is 324 g/mol. The smallest absolute Gasteiger partial charge is 0.219 e. The van der Waals surface area contributed by atoms with E-state index >= 15 is 0 Å². The molecule has 0 saturated carbocycles. The van der Waals surface area contributed by atoms with Crippen molar-refractivity contribution in [1.29, 1.82) is 0 Å². The molecule has 5 heteroatoms. The Morgan fingerprint density at radius 2 is 2.12 bits per heavy atom.